The number of carbonyl (C=O) groups is 1. The van der Waals surface area contributed by atoms with Gasteiger partial charge in [0.15, 0.2) is 15.6 Å². The van der Waals surface area contributed by atoms with Crippen molar-refractivity contribution in [1.29, 1.82) is 0 Å². The lowest BCUT2D eigenvalue weighted by atomic mass is 10.0. The summed E-state index contributed by atoms with van der Waals surface area (Å²) in [6, 6.07) is 4.18. The van der Waals surface area contributed by atoms with Gasteiger partial charge >= 0.3 is 0 Å². The first-order valence-corrected chi connectivity index (χ1v) is 11.3. The van der Waals surface area contributed by atoms with E-state index in [0.29, 0.717) is 38.4 Å². The van der Waals surface area contributed by atoms with Crippen LogP contribution in [-0.4, -0.2) is 67.9 Å². The Balaban J connectivity index is 1.49. The third kappa shape index (κ3) is 3.27. The maximum atomic E-state index is 13.0. The number of carbonyl (C=O) groups excluding carboxylic acids is 1. The quantitative estimate of drug-likeness (QED) is 0.787. The average Bonchev–Trinajstić information content (AvgIpc) is 3.18. The van der Waals surface area contributed by atoms with Gasteiger partial charge < -0.3 is 9.32 Å². The van der Waals surface area contributed by atoms with E-state index in [0.717, 1.165) is 27.7 Å². The van der Waals surface area contributed by atoms with Crippen molar-refractivity contribution in [2.45, 2.75) is 33.2 Å². The number of nitrogens with zero attached hydrogens (tertiary/aromatic N) is 2. The number of furan rings is 1. The molecule has 1 aromatic heterocycles. The zero-order chi connectivity index (χ0) is 19.3. The van der Waals surface area contributed by atoms with E-state index in [2.05, 4.69) is 11.0 Å². The topological polar surface area (TPSA) is 70.8 Å². The fraction of sp³-hybridized carbons (Fsp3) is 0.550. The number of benzene rings is 1. The van der Waals surface area contributed by atoms with Crippen LogP contribution in [-0.2, 0) is 9.84 Å². The molecular weight excluding hydrogens is 364 g/mol. The lowest BCUT2D eigenvalue weighted by Gasteiger charge is -2.37. The predicted octanol–water partition coefficient (Wildman–Crippen LogP) is 2.30. The van der Waals surface area contributed by atoms with Crippen LogP contribution in [0.15, 0.2) is 16.5 Å². The first-order chi connectivity index (χ1) is 12.8. The number of rotatable bonds is 2. The highest BCUT2D eigenvalue weighted by molar-refractivity contribution is 7.91. The van der Waals surface area contributed by atoms with Crippen LogP contribution in [0, 0.1) is 20.8 Å². The molecule has 0 aliphatic carbocycles. The van der Waals surface area contributed by atoms with Gasteiger partial charge in [-0.15, -0.1) is 0 Å². The van der Waals surface area contributed by atoms with Gasteiger partial charge in [-0.05, 0) is 38.3 Å². The summed E-state index contributed by atoms with van der Waals surface area (Å²) >= 11 is 0. The van der Waals surface area contributed by atoms with Crippen molar-refractivity contribution in [1.82, 2.24) is 9.80 Å². The number of aryl methyl sites for hydroxylation is 3. The molecule has 2 aromatic rings. The van der Waals surface area contributed by atoms with Crippen molar-refractivity contribution in [3.63, 3.8) is 0 Å². The molecule has 1 atom stereocenters. The van der Waals surface area contributed by atoms with Gasteiger partial charge in [0, 0.05) is 43.2 Å². The lowest BCUT2D eigenvalue weighted by Crippen LogP contribution is -2.52. The van der Waals surface area contributed by atoms with Gasteiger partial charge in [0.05, 0.1) is 11.5 Å². The van der Waals surface area contributed by atoms with E-state index >= 15 is 0 Å². The fourth-order valence-corrected chi connectivity index (χ4v) is 5.98. The Morgan fingerprint density at radius 3 is 2.41 bits per heavy atom. The summed E-state index contributed by atoms with van der Waals surface area (Å²) < 4.78 is 29.4. The second-order valence-electron chi connectivity index (χ2n) is 7.83. The largest absolute Gasteiger partial charge is 0.450 e. The molecule has 1 amide bonds. The van der Waals surface area contributed by atoms with Crippen LogP contribution in [0.2, 0.25) is 0 Å². The molecule has 7 heteroatoms. The molecule has 2 aliphatic heterocycles. The summed E-state index contributed by atoms with van der Waals surface area (Å²) in [7, 11) is -2.88. The Morgan fingerprint density at radius 1 is 1.07 bits per heavy atom. The summed E-state index contributed by atoms with van der Waals surface area (Å²) in [5.41, 5.74) is 3.91. The molecule has 27 heavy (non-hydrogen) atoms. The molecule has 146 valence electrons. The van der Waals surface area contributed by atoms with Crippen molar-refractivity contribution in [2.75, 3.05) is 37.7 Å². The molecule has 0 spiro atoms. The van der Waals surface area contributed by atoms with E-state index in [1.807, 2.05) is 31.7 Å². The Hall–Kier alpha value is -1.86. The van der Waals surface area contributed by atoms with Gasteiger partial charge in [-0.1, -0.05) is 12.1 Å². The molecular formula is C20H26N2O4S. The second kappa shape index (κ2) is 6.63. The maximum absolute atomic E-state index is 13.0. The van der Waals surface area contributed by atoms with Gasteiger partial charge in [-0.2, -0.15) is 0 Å². The predicted molar refractivity (Wildman–Crippen MR) is 105 cm³/mol. The van der Waals surface area contributed by atoms with Crippen molar-refractivity contribution >= 4 is 26.7 Å². The molecule has 0 N–H and O–H groups in total. The molecule has 0 unspecified atom stereocenters. The smallest absolute Gasteiger partial charge is 0.289 e. The number of fused-ring (bicyclic) bond motifs is 1. The summed E-state index contributed by atoms with van der Waals surface area (Å²) in [4.78, 5) is 17.1. The molecule has 4 rings (SSSR count). The van der Waals surface area contributed by atoms with Crippen LogP contribution >= 0.6 is 0 Å². The fourth-order valence-electron chi connectivity index (χ4n) is 4.22. The zero-order valence-corrected chi connectivity index (χ0v) is 16.9. The highest BCUT2D eigenvalue weighted by atomic mass is 32.2. The van der Waals surface area contributed by atoms with E-state index in [1.54, 1.807) is 0 Å². The first kappa shape index (κ1) is 18.5. The van der Waals surface area contributed by atoms with Crippen LogP contribution in [0.4, 0.5) is 0 Å². The van der Waals surface area contributed by atoms with Gasteiger partial charge in [-0.25, -0.2) is 8.42 Å². The molecule has 2 aliphatic rings. The molecule has 3 heterocycles. The van der Waals surface area contributed by atoms with E-state index in [1.165, 1.54) is 0 Å². The Kier molecular flexibility index (Phi) is 4.55. The summed E-state index contributed by atoms with van der Waals surface area (Å²) in [6.45, 7) is 8.62. The Labute approximate surface area is 160 Å². The molecule has 0 radical (unpaired) electrons. The van der Waals surface area contributed by atoms with Crippen LogP contribution in [0.1, 0.15) is 33.7 Å². The van der Waals surface area contributed by atoms with E-state index in [-0.39, 0.29) is 23.5 Å². The van der Waals surface area contributed by atoms with Crippen molar-refractivity contribution in [2.24, 2.45) is 0 Å². The highest BCUT2D eigenvalue weighted by Gasteiger charge is 2.35. The minimum atomic E-state index is -2.88. The number of piperazine rings is 1. The Bertz CT molecular complexity index is 1000. The second-order valence-corrected chi connectivity index (χ2v) is 10.1. The van der Waals surface area contributed by atoms with Crippen molar-refractivity contribution in [3.8, 4) is 0 Å². The number of hydrogen-bond donors (Lipinski definition) is 0. The van der Waals surface area contributed by atoms with Crippen LogP contribution in [0.25, 0.3) is 11.0 Å². The number of sulfone groups is 1. The normalized spacial score (nSPS) is 23.2. The minimum absolute atomic E-state index is 0.0700. The van der Waals surface area contributed by atoms with E-state index < -0.39 is 9.84 Å². The third-order valence-corrected chi connectivity index (χ3v) is 7.90. The molecule has 1 aromatic carbocycles. The minimum Gasteiger partial charge on any atom is -0.450 e. The van der Waals surface area contributed by atoms with Gasteiger partial charge in [0.25, 0.3) is 5.91 Å². The molecule has 2 saturated heterocycles. The number of hydrogen-bond acceptors (Lipinski definition) is 5. The van der Waals surface area contributed by atoms with Crippen LogP contribution in [0.3, 0.4) is 0 Å². The monoisotopic (exact) mass is 390 g/mol. The standard InChI is InChI=1S/C20H26N2O4S/c1-13-4-5-17-15(3)19(26-18(17)14(13)2)20(23)22-9-7-21(8-10-22)16-6-11-27(24,25)12-16/h4-5,16H,6-12H2,1-3H3/t16-/m0/s1. The summed E-state index contributed by atoms with van der Waals surface area (Å²) in [5.74, 6) is 0.894. The van der Waals surface area contributed by atoms with Crippen molar-refractivity contribution in [3.05, 3.63) is 34.6 Å². The van der Waals surface area contributed by atoms with Gasteiger partial charge in [-0.3, -0.25) is 9.69 Å². The third-order valence-electron chi connectivity index (χ3n) is 6.15. The zero-order valence-electron chi connectivity index (χ0n) is 16.1. The van der Waals surface area contributed by atoms with Crippen LogP contribution < -0.4 is 0 Å². The van der Waals surface area contributed by atoms with E-state index in [9.17, 15) is 13.2 Å². The SMILES string of the molecule is Cc1ccc2c(C)c(C(=O)N3CCN([C@H]4CCS(=O)(=O)C4)CC3)oc2c1C. The molecule has 2 fully saturated rings. The summed E-state index contributed by atoms with van der Waals surface area (Å²) in [5, 5.41) is 0.997. The van der Waals surface area contributed by atoms with E-state index in [4.69, 9.17) is 4.42 Å². The first-order valence-electron chi connectivity index (χ1n) is 9.50. The van der Waals surface area contributed by atoms with Gasteiger partial charge in [0.1, 0.15) is 5.58 Å². The average molecular weight is 391 g/mol. The van der Waals surface area contributed by atoms with Crippen molar-refractivity contribution < 1.29 is 17.6 Å². The van der Waals surface area contributed by atoms with Crippen LogP contribution in [0.5, 0.6) is 0 Å². The maximum Gasteiger partial charge on any atom is 0.289 e. The Morgan fingerprint density at radius 2 is 1.78 bits per heavy atom. The molecule has 0 bridgehead atoms. The lowest BCUT2D eigenvalue weighted by molar-refractivity contribution is 0.0560. The number of amides is 1. The highest BCUT2D eigenvalue weighted by Crippen LogP contribution is 2.30. The van der Waals surface area contributed by atoms with Gasteiger partial charge in [0.2, 0.25) is 0 Å². The summed E-state index contributed by atoms with van der Waals surface area (Å²) in [6.07, 6.45) is 0.706. The molecule has 0 saturated carbocycles. The molecule has 6 nitrogen and oxygen atoms in total.